The summed E-state index contributed by atoms with van der Waals surface area (Å²) in [5.74, 6) is -0.00191. The van der Waals surface area contributed by atoms with Crippen LogP contribution in [0.25, 0.3) is 0 Å². The number of alkyl halides is 3. The monoisotopic (exact) mass is 400 g/mol. The van der Waals surface area contributed by atoms with Crippen molar-refractivity contribution in [3.63, 3.8) is 0 Å². The molecule has 0 fully saturated rings. The van der Waals surface area contributed by atoms with Gasteiger partial charge in [-0.2, -0.15) is 13.2 Å². The van der Waals surface area contributed by atoms with Gasteiger partial charge in [0.05, 0.1) is 17.4 Å². The molecule has 8 heteroatoms. The lowest BCUT2D eigenvalue weighted by molar-refractivity contribution is -0.137. The zero-order chi connectivity index (χ0) is 21.0. The van der Waals surface area contributed by atoms with Crippen LogP contribution in [0.3, 0.4) is 0 Å². The lowest BCUT2D eigenvalue weighted by Crippen LogP contribution is -2.23. The molecule has 0 aliphatic heterocycles. The first-order chi connectivity index (χ1) is 13.7. The first-order valence-corrected chi connectivity index (χ1v) is 8.76. The van der Waals surface area contributed by atoms with Crippen LogP contribution in [0.1, 0.15) is 27.0 Å². The SMILES string of the molecule is Cc1cc(CNC(=O)c2ccc(C(F)(F)F)cc2)ccc1Nc1ccc(N)nc1. The second-order valence-electron chi connectivity index (χ2n) is 6.50. The molecule has 1 heterocycles. The number of benzene rings is 2. The molecule has 0 aliphatic rings. The van der Waals surface area contributed by atoms with Crippen LogP contribution in [0.15, 0.2) is 60.8 Å². The summed E-state index contributed by atoms with van der Waals surface area (Å²) in [6.07, 6.45) is -2.79. The first kappa shape index (κ1) is 20.2. The number of pyridine rings is 1. The predicted octanol–water partition coefficient (Wildman–Crippen LogP) is 4.66. The normalized spacial score (nSPS) is 11.2. The van der Waals surface area contributed by atoms with Crippen LogP contribution in [-0.4, -0.2) is 10.9 Å². The van der Waals surface area contributed by atoms with Crippen molar-refractivity contribution in [3.8, 4) is 0 Å². The summed E-state index contributed by atoms with van der Waals surface area (Å²) in [5.41, 5.74) is 8.46. The van der Waals surface area contributed by atoms with Crippen molar-refractivity contribution in [2.24, 2.45) is 0 Å². The number of nitrogens with one attached hydrogen (secondary N) is 2. The van der Waals surface area contributed by atoms with E-state index in [0.717, 1.165) is 46.8 Å². The topological polar surface area (TPSA) is 80.0 Å². The number of aryl methyl sites for hydroxylation is 1. The van der Waals surface area contributed by atoms with Gasteiger partial charge in [0.2, 0.25) is 0 Å². The largest absolute Gasteiger partial charge is 0.416 e. The van der Waals surface area contributed by atoms with Gasteiger partial charge < -0.3 is 16.4 Å². The molecule has 29 heavy (non-hydrogen) atoms. The fraction of sp³-hybridized carbons (Fsp3) is 0.143. The van der Waals surface area contributed by atoms with E-state index in [4.69, 9.17) is 5.73 Å². The third-order valence-corrected chi connectivity index (χ3v) is 4.28. The van der Waals surface area contributed by atoms with Crippen molar-refractivity contribution in [1.82, 2.24) is 10.3 Å². The van der Waals surface area contributed by atoms with E-state index in [2.05, 4.69) is 15.6 Å². The smallest absolute Gasteiger partial charge is 0.384 e. The Hall–Kier alpha value is -3.55. The van der Waals surface area contributed by atoms with E-state index < -0.39 is 17.6 Å². The Morgan fingerprint density at radius 2 is 1.79 bits per heavy atom. The molecule has 0 unspecified atom stereocenters. The van der Waals surface area contributed by atoms with E-state index in [-0.39, 0.29) is 12.1 Å². The van der Waals surface area contributed by atoms with Crippen molar-refractivity contribution >= 4 is 23.1 Å². The van der Waals surface area contributed by atoms with Crippen LogP contribution in [0.2, 0.25) is 0 Å². The van der Waals surface area contributed by atoms with Gasteiger partial charge in [-0.3, -0.25) is 4.79 Å². The summed E-state index contributed by atoms with van der Waals surface area (Å²) in [4.78, 5) is 16.2. The molecule has 1 aromatic heterocycles. The fourth-order valence-electron chi connectivity index (χ4n) is 2.71. The van der Waals surface area contributed by atoms with Gasteiger partial charge in [0.25, 0.3) is 5.91 Å². The predicted molar refractivity (Wildman–Crippen MR) is 106 cm³/mol. The number of carbonyl (C=O) groups is 1. The molecule has 0 atom stereocenters. The maximum absolute atomic E-state index is 12.6. The highest BCUT2D eigenvalue weighted by atomic mass is 19.4. The Morgan fingerprint density at radius 3 is 2.38 bits per heavy atom. The minimum atomic E-state index is -4.43. The van der Waals surface area contributed by atoms with Gasteiger partial charge in [-0.1, -0.05) is 12.1 Å². The Labute approximate surface area is 165 Å². The van der Waals surface area contributed by atoms with Crippen LogP contribution in [-0.2, 0) is 12.7 Å². The highest BCUT2D eigenvalue weighted by Crippen LogP contribution is 2.29. The number of nitrogens with two attached hydrogens (primary N) is 1. The van der Waals surface area contributed by atoms with E-state index in [9.17, 15) is 18.0 Å². The van der Waals surface area contributed by atoms with Crippen LogP contribution >= 0.6 is 0 Å². The van der Waals surface area contributed by atoms with Crippen LogP contribution < -0.4 is 16.4 Å². The van der Waals surface area contributed by atoms with Crippen molar-refractivity contribution in [2.45, 2.75) is 19.6 Å². The zero-order valence-electron chi connectivity index (χ0n) is 15.5. The molecule has 3 rings (SSSR count). The number of aromatic nitrogens is 1. The van der Waals surface area contributed by atoms with Gasteiger partial charge in [0.1, 0.15) is 5.82 Å². The van der Waals surface area contributed by atoms with E-state index in [1.165, 1.54) is 0 Å². The van der Waals surface area contributed by atoms with Crippen molar-refractivity contribution in [2.75, 3.05) is 11.1 Å². The number of hydrogen-bond donors (Lipinski definition) is 3. The Balaban J connectivity index is 1.61. The molecule has 150 valence electrons. The Bertz CT molecular complexity index is 1000. The number of amides is 1. The molecule has 0 aliphatic carbocycles. The molecule has 0 bridgehead atoms. The lowest BCUT2D eigenvalue weighted by atomic mass is 10.1. The molecule has 5 nitrogen and oxygen atoms in total. The number of carbonyl (C=O) groups excluding carboxylic acids is 1. The number of anilines is 3. The molecule has 4 N–H and O–H groups in total. The van der Waals surface area contributed by atoms with Crippen molar-refractivity contribution in [1.29, 1.82) is 0 Å². The summed E-state index contributed by atoms with van der Waals surface area (Å²) >= 11 is 0. The molecule has 3 aromatic rings. The summed E-state index contributed by atoms with van der Waals surface area (Å²) in [7, 11) is 0. The van der Waals surface area contributed by atoms with Gasteiger partial charge in [-0.25, -0.2) is 4.98 Å². The van der Waals surface area contributed by atoms with Crippen molar-refractivity contribution < 1.29 is 18.0 Å². The average molecular weight is 400 g/mol. The Kier molecular flexibility index (Phi) is 5.72. The van der Waals surface area contributed by atoms with Gasteiger partial charge in [0.15, 0.2) is 0 Å². The third kappa shape index (κ3) is 5.25. The Morgan fingerprint density at radius 1 is 1.07 bits per heavy atom. The molecule has 1 amide bonds. The molecule has 0 saturated carbocycles. The number of nitrogens with zero attached hydrogens (tertiary/aromatic N) is 1. The van der Waals surface area contributed by atoms with Gasteiger partial charge >= 0.3 is 6.18 Å². The molecule has 0 spiro atoms. The molecule has 2 aromatic carbocycles. The number of rotatable bonds is 5. The van der Waals surface area contributed by atoms with Gasteiger partial charge in [-0.05, 0) is 60.5 Å². The third-order valence-electron chi connectivity index (χ3n) is 4.28. The summed E-state index contributed by atoms with van der Waals surface area (Å²) in [6.45, 7) is 2.18. The van der Waals surface area contributed by atoms with E-state index in [0.29, 0.717) is 5.82 Å². The summed E-state index contributed by atoms with van der Waals surface area (Å²) < 4.78 is 37.8. The van der Waals surface area contributed by atoms with Gasteiger partial charge in [-0.15, -0.1) is 0 Å². The maximum Gasteiger partial charge on any atom is 0.416 e. The standard InChI is InChI=1S/C21H19F3N4O/c1-13-10-14(2-8-18(13)28-17-7-9-19(25)26-12-17)11-27-20(29)15-3-5-16(6-4-15)21(22,23)24/h2-10,12,28H,11H2,1H3,(H2,25,26)(H,27,29). The number of hydrogen-bond acceptors (Lipinski definition) is 4. The molecule has 0 saturated heterocycles. The average Bonchev–Trinajstić information content (AvgIpc) is 2.69. The number of halogens is 3. The number of nitrogen functional groups attached to an aromatic ring is 1. The van der Waals surface area contributed by atoms with E-state index in [1.54, 1.807) is 12.3 Å². The second-order valence-corrected chi connectivity index (χ2v) is 6.50. The highest BCUT2D eigenvalue weighted by molar-refractivity contribution is 5.94. The van der Waals surface area contributed by atoms with E-state index in [1.807, 2.05) is 31.2 Å². The second kappa shape index (κ2) is 8.22. The first-order valence-electron chi connectivity index (χ1n) is 8.76. The van der Waals surface area contributed by atoms with E-state index >= 15 is 0 Å². The maximum atomic E-state index is 12.6. The summed E-state index contributed by atoms with van der Waals surface area (Å²) in [5, 5.41) is 5.95. The van der Waals surface area contributed by atoms with Crippen molar-refractivity contribution in [3.05, 3.63) is 83.0 Å². The fourth-order valence-corrected chi connectivity index (χ4v) is 2.71. The minimum absolute atomic E-state index is 0.170. The molecular weight excluding hydrogens is 381 g/mol. The van der Waals surface area contributed by atoms with Gasteiger partial charge in [0, 0.05) is 17.8 Å². The highest BCUT2D eigenvalue weighted by Gasteiger charge is 2.30. The molecule has 0 radical (unpaired) electrons. The summed E-state index contributed by atoms with van der Waals surface area (Å²) in [6, 6.07) is 13.3. The quantitative estimate of drug-likeness (QED) is 0.582. The minimum Gasteiger partial charge on any atom is -0.384 e. The van der Waals surface area contributed by atoms with Crippen LogP contribution in [0.4, 0.5) is 30.4 Å². The van der Waals surface area contributed by atoms with Crippen LogP contribution in [0.5, 0.6) is 0 Å². The molecular formula is C21H19F3N4O. The van der Waals surface area contributed by atoms with Crippen LogP contribution in [0, 0.1) is 6.92 Å². The lowest BCUT2D eigenvalue weighted by Gasteiger charge is -2.12. The zero-order valence-corrected chi connectivity index (χ0v) is 15.5.